The van der Waals surface area contributed by atoms with Gasteiger partial charge in [-0.05, 0) is 62.6 Å². The second-order valence-corrected chi connectivity index (χ2v) is 10.3. The third-order valence-corrected chi connectivity index (χ3v) is 7.17. The van der Waals surface area contributed by atoms with Crippen molar-refractivity contribution in [2.45, 2.75) is 50.3 Å². The minimum atomic E-state index is -3.86. The Morgan fingerprint density at radius 3 is 2.46 bits per heavy atom. The van der Waals surface area contributed by atoms with Crippen molar-refractivity contribution in [3.8, 4) is 11.5 Å². The number of fused-ring (bicyclic) bond motifs is 1. The van der Waals surface area contributed by atoms with Crippen molar-refractivity contribution in [3.63, 3.8) is 0 Å². The van der Waals surface area contributed by atoms with Crippen molar-refractivity contribution in [1.82, 2.24) is 5.32 Å². The smallest absolute Gasteiger partial charge is 0.297 e. The van der Waals surface area contributed by atoms with Crippen LogP contribution in [0.3, 0.4) is 0 Å². The lowest BCUT2D eigenvalue weighted by molar-refractivity contribution is -0.131. The minimum Gasteiger partial charge on any atom is -0.485 e. The van der Waals surface area contributed by atoms with Crippen LogP contribution in [0.15, 0.2) is 77.7 Å². The van der Waals surface area contributed by atoms with E-state index in [0.717, 1.165) is 16.7 Å². The highest BCUT2D eigenvalue weighted by Crippen LogP contribution is 2.33. The Labute approximate surface area is 206 Å². The lowest BCUT2D eigenvalue weighted by atomic mass is 10.1. The molecule has 0 aromatic heterocycles. The summed E-state index contributed by atoms with van der Waals surface area (Å²) in [5, 5.41) is 2.96. The summed E-state index contributed by atoms with van der Waals surface area (Å²) in [6, 6.07) is 21.4. The van der Waals surface area contributed by atoms with E-state index in [2.05, 4.69) is 5.32 Å². The molecule has 0 saturated carbocycles. The molecule has 3 aromatic rings. The van der Waals surface area contributed by atoms with Crippen LogP contribution in [0.2, 0.25) is 0 Å². The van der Waals surface area contributed by atoms with Gasteiger partial charge in [0.25, 0.3) is 16.0 Å². The maximum absolute atomic E-state index is 12.7. The maximum Gasteiger partial charge on any atom is 0.297 e. The van der Waals surface area contributed by atoms with E-state index >= 15 is 0 Å². The molecule has 3 aromatic carbocycles. The topological polar surface area (TPSA) is 90.9 Å². The summed E-state index contributed by atoms with van der Waals surface area (Å²) in [4.78, 5) is 12.8. The Bertz CT molecular complexity index is 1270. The third-order valence-electron chi connectivity index (χ3n) is 5.74. The monoisotopic (exact) mass is 495 g/mol. The SMILES string of the molecule is Cc1ccc(S(=O)(=O)O[C@@H](C)Cc2ccc3c(c2)OC[C@H](C(=O)N[C@@H](C)c2ccccc2)O3)cc1. The van der Waals surface area contributed by atoms with Gasteiger partial charge in [0.05, 0.1) is 17.0 Å². The Hall–Kier alpha value is -3.36. The Balaban J connectivity index is 1.35. The largest absolute Gasteiger partial charge is 0.485 e. The first-order chi connectivity index (χ1) is 16.7. The molecule has 0 aliphatic carbocycles. The van der Waals surface area contributed by atoms with Gasteiger partial charge in [0.2, 0.25) is 6.10 Å². The van der Waals surface area contributed by atoms with Crippen LogP contribution >= 0.6 is 0 Å². The van der Waals surface area contributed by atoms with Gasteiger partial charge >= 0.3 is 0 Å². The van der Waals surface area contributed by atoms with Crippen molar-refractivity contribution >= 4 is 16.0 Å². The molecule has 35 heavy (non-hydrogen) atoms. The van der Waals surface area contributed by atoms with Gasteiger partial charge in [-0.2, -0.15) is 8.42 Å². The van der Waals surface area contributed by atoms with Crippen LogP contribution in [-0.4, -0.2) is 33.1 Å². The zero-order chi connectivity index (χ0) is 25.0. The van der Waals surface area contributed by atoms with Crippen molar-refractivity contribution in [3.05, 3.63) is 89.5 Å². The van der Waals surface area contributed by atoms with E-state index in [1.54, 1.807) is 31.2 Å². The van der Waals surface area contributed by atoms with Gasteiger partial charge in [0.15, 0.2) is 11.5 Å². The number of carbonyl (C=O) groups excluding carboxylic acids is 1. The molecule has 1 aliphatic heterocycles. The van der Waals surface area contributed by atoms with E-state index in [9.17, 15) is 13.2 Å². The molecule has 3 atom stereocenters. The van der Waals surface area contributed by atoms with E-state index in [1.165, 1.54) is 12.1 Å². The van der Waals surface area contributed by atoms with Crippen LogP contribution in [-0.2, 0) is 25.5 Å². The van der Waals surface area contributed by atoms with Crippen LogP contribution < -0.4 is 14.8 Å². The number of ether oxygens (including phenoxy) is 2. The summed E-state index contributed by atoms with van der Waals surface area (Å²) >= 11 is 0. The third kappa shape index (κ3) is 6.21. The minimum absolute atomic E-state index is 0.0810. The molecule has 0 unspecified atom stereocenters. The first-order valence-corrected chi connectivity index (χ1v) is 12.9. The van der Waals surface area contributed by atoms with E-state index in [0.29, 0.717) is 17.9 Å². The fraction of sp³-hybridized carbons (Fsp3) is 0.296. The summed E-state index contributed by atoms with van der Waals surface area (Å²) in [6.07, 6.45) is -0.983. The molecule has 0 bridgehead atoms. The standard InChI is InChI=1S/C27H29NO6S/c1-18-9-12-23(13-10-18)35(30,31)34-19(2)15-21-11-14-24-25(16-21)32-17-26(33-24)27(29)28-20(3)22-7-5-4-6-8-22/h4-14,16,19-20,26H,15,17H2,1-3H3,(H,28,29)/t19-,20-,26+/m0/s1. The highest BCUT2D eigenvalue weighted by Gasteiger charge is 2.29. The summed E-state index contributed by atoms with van der Waals surface area (Å²) in [7, 11) is -3.86. The molecule has 7 nitrogen and oxygen atoms in total. The van der Waals surface area contributed by atoms with E-state index in [4.69, 9.17) is 13.7 Å². The van der Waals surface area contributed by atoms with Crippen LogP contribution in [0.4, 0.5) is 0 Å². The number of hydrogen-bond donors (Lipinski definition) is 1. The second-order valence-electron chi connectivity index (χ2n) is 8.72. The Morgan fingerprint density at radius 2 is 1.74 bits per heavy atom. The quantitative estimate of drug-likeness (QED) is 0.467. The van der Waals surface area contributed by atoms with E-state index in [1.807, 2.05) is 50.2 Å². The summed E-state index contributed by atoms with van der Waals surface area (Å²) in [5.41, 5.74) is 2.81. The van der Waals surface area contributed by atoms with Gasteiger partial charge < -0.3 is 14.8 Å². The number of hydrogen-bond acceptors (Lipinski definition) is 6. The molecule has 1 amide bonds. The molecule has 4 rings (SSSR count). The summed E-state index contributed by atoms with van der Waals surface area (Å²) in [5.74, 6) is 0.726. The number of nitrogens with one attached hydrogen (secondary N) is 1. The molecule has 0 saturated heterocycles. The average molecular weight is 496 g/mol. The van der Waals surface area contributed by atoms with E-state index < -0.39 is 22.3 Å². The molecule has 184 valence electrons. The number of benzene rings is 3. The second kappa shape index (κ2) is 10.5. The molecule has 0 radical (unpaired) electrons. The zero-order valence-corrected chi connectivity index (χ0v) is 20.7. The van der Waals surface area contributed by atoms with Crippen molar-refractivity contribution in [1.29, 1.82) is 0 Å². The fourth-order valence-electron chi connectivity index (χ4n) is 3.85. The fourth-order valence-corrected chi connectivity index (χ4v) is 4.93. The van der Waals surface area contributed by atoms with Gasteiger partial charge in [-0.15, -0.1) is 0 Å². The average Bonchev–Trinajstić information content (AvgIpc) is 2.84. The van der Waals surface area contributed by atoms with Crippen molar-refractivity contribution in [2.75, 3.05) is 6.61 Å². The molecular formula is C27H29NO6S. The lowest BCUT2D eigenvalue weighted by Gasteiger charge is -2.27. The molecule has 1 heterocycles. The molecular weight excluding hydrogens is 466 g/mol. The Kier molecular flexibility index (Phi) is 7.42. The Morgan fingerprint density at radius 1 is 1.03 bits per heavy atom. The predicted octanol–water partition coefficient (Wildman–Crippen LogP) is 4.35. The highest BCUT2D eigenvalue weighted by molar-refractivity contribution is 7.86. The molecule has 0 fully saturated rings. The first-order valence-electron chi connectivity index (χ1n) is 11.5. The molecule has 1 N–H and O–H groups in total. The normalized spacial score (nSPS) is 16.8. The maximum atomic E-state index is 12.7. The van der Waals surface area contributed by atoms with Gasteiger partial charge in [-0.3, -0.25) is 8.98 Å². The number of carbonyl (C=O) groups is 1. The number of rotatable bonds is 8. The van der Waals surface area contributed by atoms with E-state index in [-0.39, 0.29) is 23.5 Å². The van der Waals surface area contributed by atoms with Crippen LogP contribution in [0.25, 0.3) is 0 Å². The number of amides is 1. The summed E-state index contributed by atoms with van der Waals surface area (Å²) < 4.78 is 42.1. The van der Waals surface area contributed by atoms with Gasteiger partial charge in [-0.1, -0.05) is 54.1 Å². The highest BCUT2D eigenvalue weighted by atomic mass is 32.2. The lowest BCUT2D eigenvalue weighted by Crippen LogP contribution is -2.44. The van der Waals surface area contributed by atoms with Crippen molar-refractivity contribution in [2.24, 2.45) is 0 Å². The van der Waals surface area contributed by atoms with Gasteiger partial charge in [-0.25, -0.2) is 0 Å². The van der Waals surface area contributed by atoms with Crippen LogP contribution in [0, 0.1) is 6.92 Å². The van der Waals surface area contributed by atoms with Crippen LogP contribution in [0.1, 0.15) is 36.6 Å². The van der Waals surface area contributed by atoms with Crippen LogP contribution in [0.5, 0.6) is 11.5 Å². The van der Waals surface area contributed by atoms with Gasteiger partial charge in [0.1, 0.15) is 6.61 Å². The first kappa shape index (κ1) is 24.8. The van der Waals surface area contributed by atoms with Crippen molar-refractivity contribution < 1.29 is 26.9 Å². The van der Waals surface area contributed by atoms with Gasteiger partial charge in [0, 0.05) is 0 Å². The predicted molar refractivity (Wildman–Crippen MR) is 132 cm³/mol. The molecule has 1 aliphatic rings. The number of aryl methyl sites for hydroxylation is 1. The molecule has 8 heteroatoms. The molecule has 0 spiro atoms. The summed E-state index contributed by atoms with van der Waals surface area (Å²) in [6.45, 7) is 5.59. The zero-order valence-electron chi connectivity index (χ0n) is 19.9.